The SMILES string of the molecule is COc1ccc(/C=C/c2nc(C)c(O)c(CO)c2CO)cc1OC.Cl. The van der Waals surface area contributed by atoms with Gasteiger partial charge in [-0.2, -0.15) is 0 Å². The van der Waals surface area contributed by atoms with Crippen LogP contribution in [0.15, 0.2) is 18.2 Å². The Labute approximate surface area is 152 Å². The van der Waals surface area contributed by atoms with Crippen LogP contribution < -0.4 is 9.47 Å². The Morgan fingerprint density at radius 3 is 2.20 bits per heavy atom. The Hall–Kier alpha value is -2.28. The number of methoxy groups -OCH3 is 2. The molecule has 0 unspecified atom stereocenters. The topological polar surface area (TPSA) is 92.0 Å². The molecule has 1 aromatic carbocycles. The van der Waals surface area contributed by atoms with E-state index in [0.29, 0.717) is 28.5 Å². The number of aliphatic hydroxyl groups excluding tert-OH is 2. The normalized spacial score (nSPS) is 10.6. The fourth-order valence-electron chi connectivity index (χ4n) is 2.43. The van der Waals surface area contributed by atoms with E-state index in [-0.39, 0.29) is 36.9 Å². The number of aromatic nitrogens is 1. The average molecular weight is 368 g/mol. The molecule has 6 nitrogen and oxygen atoms in total. The summed E-state index contributed by atoms with van der Waals surface area (Å²) in [5, 5.41) is 29.0. The van der Waals surface area contributed by atoms with Crippen LogP contribution in [-0.2, 0) is 13.2 Å². The number of pyridine rings is 1. The van der Waals surface area contributed by atoms with Crippen molar-refractivity contribution >= 4 is 24.6 Å². The Morgan fingerprint density at radius 2 is 1.64 bits per heavy atom. The van der Waals surface area contributed by atoms with E-state index in [4.69, 9.17) is 9.47 Å². The van der Waals surface area contributed by atoms with Crippen molar-refractivity contribution in [2.75, 3.05) is 14.2 Å². The minimum absolute atomic E-state index is 0. The molecule has 0 saturated heterocycles. The van der Waals surface area contributed by atoms with Crippen LogP contribution in [0.2, 0.25) is 0 Å². The van der Waals surface area contributed by atoms with Crippen molar-refractivity contribution in [2.45, 2.75) is 20.1 Å². The number of nitrogens with zero attached hydrogens (tertiary/aromatic N) is 1. The summed E-state index contributed by atoms with van der Waals surface area (Å²) in [6.45, 7) is 0.939. The van der Waals surface area contributed by atoms with E-state index in [0.717, 1.165) is 5.56 Å². The van der Waals surface area contributed by atoms with E-state index in [9.17, 15) is 15.3 Å². The molecular weight excluding hydrogens is 346 g/mol. The molecule has 0 amide bonds. The molecule has 1 aromatic heterocycles. The molecule has 1 heterocycles. The van der Waals surface area contributed by atoms with Gasteiger partial charge in [0.05, 0.1) is 38.8 Å². The molecule has 0 bridgehead atoms. The highest BCUT2D eigenvalue weighted by atomic mass is 35.5. The van der Waals surface area contributed by atoms with Gasteiger partial charge in [0.2, 0.25) is 0 Å². The molecule has 7 heteroatoms. The Morgan fingerprint density at radius 1 is 1.00 bits per heavy atom. The van der Waals surface area contributed by atoms with Crippen LogP contribution in [0.3, 0.4) is 0 Å². The lowest BCUT2D eigenvalue weighted by atomic mass is 10.0. The summed E-state index contributed by atoms with van der Waals surface area (Å²) in [4.78, 5) is 4.28. The predicted molar refractivity (Wildman–Crippen MR) is 98.2 cm³/mol. The van der Waals surface area contributed by atoms with Crippen LogP contribution in [0, 0.1) is 6.92 Å². The quantitative estimate of drug-likeness (QED) is 0.727. The monoisotopic (exact) mass is 367 g/mol. The number of ether oxygens (including phenoxy) is 2. The zero-order valence-corrected chi connectivity index (χ0v) is 15.1. The summed E-state index contributed by atoms with van der Waals surface area (Å²) in [6, 6.07) is 5.46. The average Bonchev–Trinajstić information content (AvgIpc) is 2.61. The molecule has 0 fully saturated rings. The molecule has 25 heavy (non-hydrogen) atoms. The standard InChI is InChI=1S/C18H21NO5.ClH/c1-11-18(22)14(10-21)13(9-20)15(19-11)6-4-12-5-7-16(23-2)17(8-12)24-3;/h4-8,20-22H,9-10H2,1-3H3;1H/b6-4+;. The second kappa shape index (κ2) is 9.27. The van der Waals surface area contributed by atoms with Gasteiger partial charge in [0, 0.05) is 11.1 Å². The van der Waals surface area contributed by atoms with Gasteiger partial charge in [0.1, 0.15) is 5.75 Å². The lowest BCUT2D eigenvalue weighted by Crippen LogP contribution is -2.03. The minimum Gasteiger partial charge on any atom is -0.506 e. The zero-order chi connectivity index (χ0) is 17.7. The second-order valence-corrected chi connectivity index (χ2v) is 5.15. The second-order valence-electron chi connectivity index (χ2n) is 5.15. The lowest BCUT2D eigenvalue weighted by molar-refractivity contribution is 0.254. The van der Waals surface area contributed by atoms with E-state index in [1.807, 2.05) is 12.1 Å². The summed E-state index contributed by atoms with van der Waals surface area (Å²) in [5.41, 5.74) is 2.43. The van der Waals surface area contributed by atoms with E-state index < -0.39 is 0 Å². The Balaban J connectivity index is 0.00000312. The molecule has 136 valence electrons. The van der Waals surface area contributed by atoms with Crippen molar-refractivity contribution in [1.82, 2.24) is 4.98 Å². The first-order valence-electron chi connectivity index (χ1n) is 7.38. The number of aryl methyl sites for hydroxylation is 1. The van der Waals surface area contributed by atoms with Crippen LogP contribution >= 0.6 is 12.4 Å². The van der Waals surface area contributed by atoms with Crippen molar-refractivity contribution in [1.29, 1.82) is 0 Å². The highest BCUT2D eigenvalue weighted by Crippen LogP contribution is 2.30. The van der Waals surface area contributed by atoms with Crippen LogP contribution in [0.25, 0.3) is 12.2 Å². The van der Waals surface area contributed by atoms with Crippen LogP contribution in [0.4, 0.5) is 0 Å². The third-order valence-corrected chi connectivity index (χ3v) is 3.75. The van der Waals surface area contributed by atoms with Gasteiger partial charge >= 0.3 is 0 Å². The van der Waals surface area contributed by atoms with Crippen LogP contribution in [0.5, 0.6) is 17.2 Å². The first-order chi connectivity index (χ1) is 11.5. The molecule has 0 spiro atoms. The van der Waals surface area contributed by atoms with Gasteiger partial charge in [-0.3, -0.25) is 0 Å². The summed E-state index contributed by atoms with van der Waals surface area (Å²) in [7, 11) is 3.13. The van der Waals surface area contributed by atoms with Gasteiger partial charge in [0.25, 0.3) is 0 Å². The summed E-state index contributed by atoms with van der Waals surface area (Å²) in [5.74, 6) is 1.14. The molecule has 2 rings (SSSR count). The molecule has 0 aliphatic heterocycles. The maximum absolute atomic E-state index is 9.96. The van der Waals surface area contributed by atoms with Crippen molar-refractivity contribution in [2.24, 2.45) is 0 Å². The summed E-state index contributed by atoms with van der Waals surface area (Å²) < 4.78 is 10.5. The highest BCUT2D eigenvalue weighted by molar-refractivity contribution is 5.85. The predicted octanol–water partition coefficient (Wildman–Crippen LogP) is 2.69. The van der Waals surface area contributed by atoms with Gasteiger partial charge in [-0.05, 0) is 30.7 Å². The molecule has 0 aliphatic rings. The Kier molecular flexibility index (Phi) is 7.70. The lowest BCUT2D eigenvalue weighted by Gasteiger charge is -2.12. The Bertz CT molecular complexity index is 762. The van der Waals surface area contributed by atoms with Crippen LogP contribution in [-0.4, -0.2) is 34.5 Å². The fraction of sp³-hybridized carbons (Fsp3) is 0.278. The van der Waals surface area contributed by atoms with Crippen LogP contribution in [0.1, 0.15) is 28.1 Å². The molecule has 0 saturated carbocycles. The number of rotatable bonds is 6. The highest BCUT2D eigenvalue weighted by Gasteiger charge is 2.14. The number of benzene rings is 1. The minimum atomic E-state index is -0.373. The molecular formula is C18H22ClNO5. The van der Waals surface area contributed by atoms with E-state index >= 15 is 0 Å². The summed E-state index contributed by atoms with van der Waals surface area (Å²) in [6.07, 6.45) is 3.53. The first-order valence-corrected chi connectivity index (χ1v) is 7.38. The number of hydrogen-bond acceptors (Lipinski definition) is 6. The smallest absolute Gasteiger partial charge is 0.161 e. The number of halogens is 1. The third-order valence-electron chi connectivity index (χ3n) is 3.75. The number of aliphatic hydroxyl groups is 2. The number of aromatic hydroxyl groups is 1. The molecule has 0 atom stereocenters. The fourth-order valence-corrected chi connectivity index (χ4v) is 2.43. The first kappa shape index (κ1) is 20.8. The maximum Gasteiger partial charge on any atom is 0.161 e. The zero-order valence-electron chi connectivity index (χ0n) is 14.3. The molecule has 0 radical (unpaired) electrons. The van der Waals surface area contributed by atoms with E-state index in [1.165, 1.54) is 0 Å². The van der Waals surface area contributed by atoms with Crippen molar-refractivity contribution in [3.8, 4) is 17.2 Å². The van der Waals surface area contributed by atoms with E-state index in [1.54, 1.807) is 39.4 Å². The largest absolute Gasteiger partial charge is 0.506 e. The number of hydrogen-bond donors (Lipinski definition) is 3. The van der Waals surface area contributed by atoms with Gasteiger partial charge in [-0.15, -0.1) is 12.4 Å². The maximum atomic E-state index is 9.96. The molecule has 3 N–H and O–H groups in total. The van der Waals surface area contributed by atoms with Gasteiger partial charge in [0.15, 0.2) is 11.5 Å². The van der Waals surface area contributed by atoms with Crippen molar-refractivity contribution in [3.05, 3.63) is 46.3 Å². The molecule has 2 aromatic rings. The van der Waals surface area contributed by atoms with Gasteiger partial charge in [-0.25, -0.2) is 4.98 Å². The van der Waals surface area contributed by atoms with Gasteiger partial charge < -0.3 is 24.8 Å². The molecule has 0 aliphatic carbocycles. The van der Waals surface area contributed by atoms with Crippen molar-refractivity contribution < 1.29 is 24.8 Å². The third kappa shape index (κ3) is 4.42. The van der Waals surface area contributed by atoms with Gasteiger partial charge in [-0.1, -0.05) is 12.1 Å². The van der Waals surface area contributed by atoms with Crippen molar-refractivity contribution in [3.63, 3.8) is 0 Å². The van der Waals surface area contributed by atoms with E-state index in [2.05, 4.69) is 4.98 Å². The summed E-state index contributed by atoms with van der Waals surface area (Å²) >= 11 is 0.